The third kappa shape index (κ3) is 4.24. The smallest absolute Gasteiger partial charge is 0.325 e. The maximum absolute atomic E-state index is 11.6. The Morgan fingerprint density at radius 3 is 2.35 bits per heavy atom. The van der Waals surface area contributed by atoms with E-state index in [9.17, 15) is 9.59 Å². The van der Waals surface area contributed by atoms with Gasteiger partial charge in [0.2, 0.25) is 0 Å². The van der Waals surface area contributed by atoms with Crippen LogP contribution in [0.5, 0.6) is 0 Å². The molecule has 0 atom stereocenters. The molecular formula is C12H23N3O2. The third-order valence-corrected chi connectivity index (χ3v) is 3.50. The fourth-order valence-corrected chi connectivity index (χ4v) is 2.26. The van der Waals surface area contributed by atoms with Crippen molar-refractivity contribution in [1.29, 1.82) is 0 Å². The van der Waals surface area contributed by atoms with Crippen LogP contribution in [0, 0.1) is 11.8 Å². The first-order valence-electron chi connectivity index (χ1n) is 6.39. The second-order valence-electron chi connectivity index (χ2n) is 4.89. The zero-order valence-corrected chi connectivity index (χ0v) is 10.7. The molecule has 1 aliphatic rings. The molecule has 0 unspecified atom stereocenters. The summed E-state index contributed by atoms with van der Waals surface area (Å²) in [7, 11) is 0. The van der Waals surface area contributed by atoms with Crippen LogP contribution in [0.3, 0.4) is 0 Å². The average molecular weight is 241 g/mol. The molecule has 1 fully saturated rings. The van der Waals surface area contributed by atoms with E-state index >= 15 is 0 Å². The normalized spacial score (nSPS) is 24.1. The summed E-state index contributed by atoms with van der Waals surface area (Å²) in [5, 5.41) is 2.79. The van der Waals surface area contributed by atoms with Gasteiger partial charge in [-0.3, -0.25) is 0 Å². The number of rotatable bonds is 3. The van der Waals surface area contributed by atoms with E-state index in [1.807, 2.05) is 0 Å². The number of nitrogens with one attached hydrogen (secondary N) is 1. The lowest BCUT2D eigenvalue weighted by atomic mass is 9.83. The number of primary amides is 1. The summed E-state index contributed by atoms with van der Waals surface area (Å²) in [5.74, 6) is 1.35. The molecule has 0 saturated heterocycles. The van der Waals surface area contributed by atoms with Gasteiger partial charge in [-0.05, 0) is 31.6 Å². The molecule has 0 aromatic carbocycles. The van der Waals surface area contributed by atoms with Crippen molar-refractivity contribution >= 4 is 12.1 Å². The SMILES string of the molecule is CCN(C(N)=O)C(=O)NCC1CCC(C)CC1. The second-order valence-corrected chi connectivity index (χ2v) is 4.89. The van der Waals surface area contributed by atoms with Crippen LogP contribution in [0.2, 0.25) is 0 Å². The Labute approximate surface area is 103 Å². The molecular weight excluding hydrogens is 218 g/mol. The van der Waals surface area contributed by atoms with E-state index in [-0.39, 0.29) is 6.03 Å². The van der Waals surface area contributed by atoms with E-state index in [1.54, 1.807) is 6.92 Å². The molecule has 5 nitrogen and oxygen atoms in total. The molecule has 0 bridgehead atoms. The van der Waals surface area contributed by atoms with E-state index in [4.69, 9.17) is 5.73 Å². The lowest BCUT2D eigenvalue weighted by Gasteiger charge is -2.27. The summed E-state index contributed by atoms with van der Waals surface area (Å²) in [5.41, 5.74) is 5.10. The summed E-state index contributed by atoms with van der Waals surface area (Å²) in [4.78, 5) is 23.6. The van der Waals surface area contributed by atoms with Gasteiger partial charge in [-0.2, -0.15) is 0 Å². The van der Waals surface area contributed by atoms with Crippen LogP contribution in [0.1, 0.15) is 39.5 Å². The van der Waals surface area contributed by atoms with Gasteiger partial charge in [0.1, 0.15) is 0 Å². The number of urea groups is 2. The molecule has 0 aliphatic heterocycles. The molecule has 98 valence electrons. The van der Waals surface area contributed by atoms with Crippen LogP contribution in [-0.4, -0.2) is 30.1 Å². The summed E-state index contributed by atoms with van der Waals surface area (Å²) < 4.78 is 0. The molecule has 4 amide bonds. The van der Waals surface area contributed by atoms with Crippen molar-refractivity contribution in [2.24, 2.45) is 17.6 Å². The van der Waals surface area contributed by atoms with Gasteiger partial charge in [-0.1, -0.05) is 19.8 Å². The predicted molar refractivity (Wildman–Crippen MR) is 66.5 cm³/mol. The van der Waals surface area contributed by atoms with E-state index in [0.29, 0.717) is 19.0 Å². The second kappa shape index (κ2) is 6.47. The lowest BCUT2D eigenvalue weighted by Crippen LogP contribution is -2.47. The van der Waals surface area contributed by atoms with Crippen LogP contribution < -0.4 is 11.1 Å². The third-order valence-electron chi connectivity index (χ3n) is 3.50. The molecule has 3 N–H and O–H groups in total. The monoisotopic (exact) mass is 241 g/mol. The Balaban J connectivity index is 2.30. The Morgan fingerprint density at radius 2 is 1.88 bits per heavy atom. The summed E-state index contributed by atoms with van der Waals surface area (Å²) in [6.45, 7) is 4.95. The Morgan fingerprint density at radius 1 is 1.29 bits per heavy atom. The number of carbonyl (C=O) groups excluding carboxylic acids is 2. The molecule has 1 aliphatic carbocycles. The van der Waals surface area contributed by atoms with Gasteiger partial charge in [0.05, 0.1) is 0 Å². The standard InChI is InChI=1S/C12H23N3O2/c1-3-15(11(13)16)12(17)14-8-10-6-4-9(2)5-7-10/h9-10H,3-8H2,1-2H3,(H2,13,16)(H,14,17). The van der Waals surface area contributed by atoms with E-state index in [2.05, 4.69) is 12.2 Å². The number of amides is 4. The summed E-state index contributed by atoms with van der Waals surface area (Å²) >= 11 is 0. The highest BCUT2D eigenvalue weighted by molar-refractivity contribution is 5.92. The maximum atomic E-state index is 11.6. The first-order valence-corrected chi connectivity index (χ1v) is 6.39. The minimum Gasteiger partial charge on any atom is -0.351 e. The summed E-state index contributed by atoms with van der Waals surface area (Å²) in [6.07, 6.45) is 4.77. The van der Waals surface area contributed by atoms with Crippen molar-refractivity contribution < 1.29 is 9.59 Å². The fourth-order valence-electron chi connectivity index (χ4n) is 2.26. The first-order chi connectivity index (χ1) is 8.04. The van der Waals surface area contributed by atoms with Gasteiger partial charge in [0.15, 0.2) is 0 Å². The number of nitrogens with two attached hydrogens (primary N) is 1. The molecule has 0 radical (unpaired) electrons. The Kier molecular flexibility index (Phi) is 5.25. The average Bonchev–Trinajstić information content (AvgIpc) is 2.28. The Bertz CT molecular complexity index is 273. The molecule has 5 heteroatoms. The van der Waals surface area contributed by atoms with Crippen molar-refractivity contribution in [3.8, 4) is 0 Å². The van der Waals surface area contributed by atoms with Gasteiger partial charge in [-0.25, -0.2) is 14.5 Å². The number of hydrogen-bond acceptors (Lipinski definition) is 2. The predicted octanol–water partition coefficient (Wildman–Crippen LogP) is 1.92. The topological polar surface area (TPSA) is 75.4 Å². The zero-order valence-electron chi connectivity index (χ0n) is 10.7. The highest BCUT2D eigenvalue weighted by Gasteiger charge is 2.21. The number of carbonyl (C=O) groups is 2. The largest absolute Gasteiger partial charge is 0.351 e. The van der Waals surface area contributed by atoms with E-state index in [1.165, 1.54) is 12.8 Å². The van der Waals surface area contributed by atoms with Crippen molar-refractivity contribution in [3.05, 3.63) is 0 Å². The van der Waals surface area contributed by atoms with Gasteiger partial charge in [0.25, 0.3) is 0 Å². The van der Waals surface area contributed by atoms with Crippen molar-refractivity contribution in [2.75, 3.05) is 13.1 Å². The molecule has 17 heavy (non-hydrogen) atoms. The summed E-state index contributed by atoms with van der Waals surface area (Å²) in [6, 6.07) is -1.07. The quantitative estimate of drug-likeness (QED) is 0.792. The van der Waals surface area contributed by atoms with Crippen molar-refractivity contribution in [1.82, 2.24) is 10.2 Å². The molecule has 1 saturated carbocycles. The van der Waals surface area contributed by atoms with Crippen LogP contribution in [0.15, 0.2) is 0 Å². The lowest BCUT2D eigenvalue weighted by molar-refractivity contribution is 0.190. The van der Waals surface area contributed by atoms with Gasteiger partial charge >= 0.3 is 12.1 Å². The van der Waals surface area contributed by atoms with Crippen molar-refractivity contribution in [3.63, 3.8) is 0 Å². The van der Waals surface area contributed by atoms with Gasteiger partial charge < -0.3 is 11.1 Å². The minimum absolute atomic E-state index is 0.308. The fraction of sp³-hybridized carbons (Fsp3) is 0.833. The zero-order chi connectivity index (χ0) is 12.8. The molecule has 0 heterocycles. The Hall–Kier alpha value is -1.26. The first kappa shape index (κ1) is 13.8. The molecule has 0 aromatic rings. The minimum atomic E-state index is -0.692. The van der Waals surface area contributed by atoms with Crippen LogP contribution in [-0.2, 0) is 0 Å². The molecule has 1 rings (SSSR count). The van der Waals surface area contributed by atoms with Gasteiger partial charge in [0, 0.05) is 13.1 Å². The highest BCUT2D eigenvalue weighted by Crippen LogP contribution is 2.27. The molecule has 0 aromatic heterocycles. The highest BCUT2D eigenvalue weighted by atomic mass is 16.2. The van der Waals surface area contributed by atoms with Crippen LogP contribution in [0.25, 0.3) is 0 Å². The molecule has 0 spiro atoms. The van der Waals surface area contributed by atoms with Crippen LogP contribution >= 0.6 is 0 Å². The van der Waals surface area contributed by atoms with Crippen LogP contribution in [0.4, 0.5) is 9.59 Å². The number of nitrogens with zero attached hydrogens (tertiary/aromatic N) is 1. The maximum Gasteiger partial charge on any atom is 0.325 e. The van der Waals surface area contributed by atoms with E-state index < -0.39 is 6.03 Å². The van der Waals surface area contributed by atoms with Crippen molar-refractivity contribution in [2.45, 2.75) is 39.5 Å². The number of imide groups is 1. The van der Waals surface area contributed by atoms with Gasteiger partial charge in [-0.15, -0.1) is 0 Å². The number of hydrogen-bond donors (Lipinski definition) is 2. The van der Waals surface area contributed by atoms with E-state index in [0.717, 1.165) is 23.7 Å².